The van der Waals surface area contributed by atoms with Gasteiger partial charge in [0, 0.05) is 10.5 Å². The van der Waals surface area contributed by atoms with E-state index in [9.17, 15) is 0 Å². The van der Waals surface area contributed by atoms with Crippen molar-refractivity contribution in [2.75, 3.05) is 26.7 Å². The van der Waals surface area contributed by atoms with Crippen LogP contribution in [0.15, 0.2) is 22.7 Å². The second kappa shape index (κ2) is 7.26. The number of nitrogens with one attached hydrogen (secondary N) is 1. The molecule has 1 aromatic rings. The molecule has 0 radical (unpaired) electrons. The maximum atomic E-state index is 3.81. The van der Waals surface area contributed by atoms with Crippen molar-refractivity contribution in [3.05, 3.63) is 33.8 Å². The molecule has 0 spiro atoms. The van der Waals surface area contributed by atoms with E-state index in [1.807, 2.05) is 0 Å². The van der Waals surface area contributed by atoms with Crippen molar-refractivity contribution in [2.24, 2.45) is 5.92 Å². The Morgan fingerprint density at radius 2 is 2.00 bits per heavy atom. The summed E-state index contributed by atoms with van der Waals surface area (Å²) in [6.07, 6.45) is 7.85. The third-order valence-corrected chi connectivity index (χ3v) is 5.71. The molecule has 116 valence electrons. The Balaban J connectivity index is 1.42. The van der Waals surface area contributed by atoms with Gasteiger partial charge in [0.1, 0.15) is 0 Å². The molecule has 3 rings (SSSR count). The first-order valence-corrected chi connectivity index (χ1v) is 9.19. The molecule has 1 aromatic carbocycles. The molecule has 1 heterocycles. The van der Waals surface area contributed by atoms with Gasteiger partial charge in [0.05, 0.1) is 0 Å². The number of likely N-dealkylation sites (tertiary alicyclic amines) is 1. The first-order chi connectivity index (χ1) is 10.2. The van der Waals surface area contributed by atoms with Crippen LogP contribution in [-0.4, -0.2) is 37.6 Å². The number of benzene rings is 1. The molecule has 1 saturated heterocycles. The van der Waals surface area contributed by atoms with E-state index in [0.717, 1.165) is 5.92 Å². The van der Waals surface area contributed by atoms with Crippen molar-refractivity contribution in [3.63, 3.8) is 0 Å². The molecule has 2 nitrogen and oxygen atoms in total. The van der Waals surface area contributed by atoms with Crippen molar-refractivity contribution in [1.82, 2.24) is 10.2 Å². The maximum Gasteiger partial charge on any atom is 0.0178 e. The van der Waals surface area contributed by atoms with Gasteiger partial charge in [0.2, 0.25) is 0 Å². The third-order valence-electron chi connectivity index (χ3n) is 5.22. The van der Waals surface area contributed by atoms with Crippen LogP contribution in [0.25, 0.3) is 0 Å². The van der Waals surface area contributed by atoms with E-state index in [0.29, 0.717) is 6.04 Å². The van der Waals surface area contributed by atoms with Gasteiger partial charge in [-0.1, -0.05) is 22.0 Å². The Labute approximate surface area is 137 Å². The highest BCUT2D eigenvalue weighted by Crippen LogP contribution is 2.25. The Morgan fingerprint density at radius 1 is 1.19 bits per heavy atom. The van der Waals surface area contributed by atoms with E-state index in [4.69, 9.17) is 0 Å². The van der Waals surface area contributed by atoms with Gasteiger partial charge in [-0.2, -0.15) is 0 Å². The molecular formula is C18H27BrN2. The van der Waals surface area contributed by atoms with Crippen molar-refractivity contribution in [2.45, 2.75) is 44.6 Å². The summed E-state index contributed by atoms with van der Waals surface area (Å²) in [5, 5.41) is 3.81. The van der Waals surface area contributed by atoms with Gasteiger partial charge in [0.25, 0.3) is 0 Å². The van der Waals surface area contributed by atoms with Crippen LogP contribution >= 0.6 is 15.9 Å². The monoisotopic (exact) mass is 350 g/mol. The molecule has 1 N–H and O–H groups in total. The minimum atomic E-state index is 0.685. The molecule has 0 amide bonds. The standard InChI is InChI=1S/C18H27BrN2/c1-21-10-7-14(8-11-21)6-9-20-18-5-3-15-12-17(19)4-2-16(15)13-18/h2,4,12,14,18,20H,3,5-11,13H2,1H3. The van der Waals surface area contributed by atoms with Crippen molar-refractivity contribution >= 4 is 15.9 Å². The van der Waals surface area contributed by atoms with Gasteiger partial charge >= 0.3 is 0 Å². The van der Waals surface area contributed by atoms with Crippen LogP contribution in [0.3, 0.4) is 0 Å². The summed E-state index contributed by atoms with van der Waals surface area (Å²) in [5.74, 6) is 0.945. The number of rotatable bonds is 4. The first kappa shape index (κ1) is 15.5. The third kappa shape index (κ3) is 4.30. The normalized spacial score (nSPS) is 24.0. The Bertz CT molecular complexity index is 466. The highest BCUT2D eigenvalue weighted by molar-refractivity contribution is 9.10. The fourth-order valence-electron chi connectivity index (χ4n) is 3.74. The lowest BCUT2D eigenvalue weighted by molar-refractivity contribution is 0.210. The molecule has 1 atom stereocenters. The number of hydrogen-bond donors (Lipinski definition) is 1. The topological polar surface area (TPSA) is 15.3 Å². The molecule has 0 saturated carbocycles. The fraction of sp³-hybridized carbons (Fsp3) is 0.667. The second-order valence-electron chi connectivity index (χ2n) is 6.84. The zero-order valence-electron chi connectivity index (χ0n) is 13.1. The number of halogens is 1. The molecule has 1 aliphatic carbocycles. The number of piperidine rings is 1. The molecule has 2 aliphatic rings. The average Bonchev–Trinajstić information content (AvgIpc) is 2.49. The summed E-state index contributed by atoms with van der Waals surface area (Å²) in [7, 11) is 2.24. The quantitative estimate of drug-likeness (QED) is 0.891. The molecule has 0 bridgehead atoms. The van der Waals surface area contributed by atoms with Crippen LogP contribution in [-0.2, 0) is 12.8 Å². The van der Waals surface area contributed by atoms with E-state index < -0.39 is 0 Å². The Morgan fingerprint density at radius 3 is 2.81 bits per heavy atom. The minimum absolute atomic E-state index is 0.685. The molecular weight excluding hydrogens is 324 g/mol. The van der Waals surface area contributed by atoms with Crippen molar-refractivity contribution in [1.29, 1.82) is 0 Å². The van der Waals surface area contributed by atoms with Crippen molar-refractivity contribution < 1.29 is 0 Å². The average molecular weight is 351 g/mol. The van der Waals surface area contributed by atoms with Crippen LogP contribution in [0.4, 0.5) is 0 Å². The fourth-order valence-corrected chi connectivity index (χ4v) is 4.15. The van der Waals surface area contributed by atoms with E-state index in [1.54, 1.807) is 5.56 Å². The highest BCUT2D eigenvalue weighted by Gasteiger charge is 2.20. The van der Waals surface area contributed by atoms with Crippen molar-refractivity contribution in [3.8, 4) is 0 Å². The zero-order valence-corrected chi connectivity index (χ0v) is 14.7. The summed E-state index contributed by atoms with van der Waals surface area (Å²) in [6.45, 7) is 3.78. The Kier molecular flexibility index (Phi) is 5.36. The smallest absolute Gasteiger partial charge is 0.0178 e. The number of hydrogen-bond acceptors (Lipinski definition) is 2. The van der Waals surface area contributed by atoms with Gasteiger partial charge in [-0.3, -0.25) is 0 Å². The lowest BCUT2D eigenvalue weighted by Gasteiger charge is -2.30. The number of aryl methyl sites for hydroxylation is 1. The summed E-state index contributed by atoms with van der Waals surface area (Å²) in [4.78, 5) is 2.46. The van der Waals surface area contributed by atoms with Crippen LogP contribution < -0.4 is 5.32 Å². The molecule has 0 aromatic heterocycles. The molecule has 21 heavy (non-hydrogen) atoms. The predicted octanol–water partition coefficient (Wildman–Crippen LogP) is 3.63. The largest absolute Gasteiger partial charge is 0.314 e. The SMILES string of the molecule is CN1CCC(CCNC2CCc3cc(Br)ccc3C2)CC1. The summed E-state index contributed by atoms with van der Waals surface area (Å²) in [5.41, 5.74) is 3.08. The molecule has 1 aliphatic heterocycles. The maximum absolute atomic E-state index is 3.81. The molecule has 1 unspecified atom stereocenters. The van der Waals surface area contributed by atoms with E-state index >= 15 is 0 Å². The number of nitrogens with zero attached hydrogens (tertiary/aromatic N) is 1. The van der Waals surface area contributed by atoms with Crippen LogP contribution in [0.2, 0.25) is 0 Å². The van der Waals surface area contributed by atoms with Gasteiger partial charge in [-0.05, 0) is 94.4 Å². The second-order valence-corrected chi connectivity index (χ2v) is 7.76. The van der Waals surface area contributed by atoms with Gasteiger partial charge in [-0.15, -0.1) is 0 Å². The summed E-state index contributed by atoms with van der Waals surface area (Å²) >= 11 is 3.58. The highest BCUT2D eigenvalue weighted by atomic mass is 79.9. The van der Waals surface area contributed by atoms with Crippen LogP contribution in [0, 0.1) is 5.92 Å². The Hall–Kier alpha value is -0.380. The molecule has 1 fully saturated rings. The van der Waals surface area contributed by atoms with E-state index in [1.165, 1.54) is 68.2 Å². The predicted molar refractivity (Wildman–Crippen MR) is 92.8 cm³/mol. The lowest BCUT2D eigenvalue weighted by Crippen LogP contribution is -2.37. The number of fused-ring (bicyclic) bond motifs is 1. The summed E-state index contributed by atoms with van der Waals surface area (Å²) in [6, 6.07) is 7.46. The summed E-state index contributed by atoms with van der Waals surface area (Å²) < 4.78 is 1.22. The van der Waals surface area contributed by atoms with Gasteiger partial charge < -0.3 is 10.2 Å². The lowest BCUT2D eigenvalue weighted by atomic mass is 9.88. The first-order valence-electron chi connectivity index (χ1n) is 8.40. The zero-order chi connectivity index (χ0) is 14.7. The van der Waals surface area contributed by atoms with Gasteiger partial charge in [0.15, 0.2) is 0 Å². The molecule has 3 heteroatoms. The van der Waals surface area contributed by atoms with E-state index in [2.05, 4.69) is 51.4 Å². The van der Waals surface area contributed by atoms with Crippen LogP contribution in [0.1, 0.15) is 36.8 Å². The van der Waals surface area contributed by atoms with Gasteiger partial charge in [-0.25, -0.2) is 0 Å². The minimum Gasteiger partial charge on any atom is -0.314 e. The van der Waals surface area contributed by atoms with E-state index in [-0.39, 0.29) is 0 Å². The van der Waals surface area contributed by atoms with Crippen LogP contribution in [0.5, 0.6) is 0 Å².